The van der Waals surface area contributed by atoms with Gasteiger partial charge in [-0.1, -0.05) is 0 Å². The molecule has 0 unspecified atom stereocenters. The van der Waals surface area contributed by atoms with E-state index in [1.165, 1.54) is 22.3 Å². The van der Waals surface area contributed by atoms with Crippen LogP contribution in [-0.2, 0) is 16.7 Å². The molecule has 0 nitrogen and oxygen atoms in total. The quantitative estimate of drug-likeness (QED) is 0.519. The molecule has 0 N–H and O–H groups in total. The molecule has 0 aliphatic heterocycles. The monoisotopic (exact) mass is 390 g/mol. The molecule has 0 spiro atoms. The van der Waals surface area contributed by atoms with Crippen LogP contribution in [0.4, 0.5) is 0 Å². The molecule has 1 aliphatic carbocycles. The first-order chi connectivity index (χ1) is 9.71. The molecule has 5 heteroatoms. The van der Waals surface area contributed by atoms with E-state index < -0.39 is 21.5 Å². The number of benzene rings is 2. The Balaban J connectivity index is 2.51. The number of rotatable bonds is 2. The summed E-state index contributed by atoms with van der Waals surface area (Å²) in [7, 11) is 18.5. The first-order valence-corrected chi connectivity index (χ1v) is 17.7. The Morgan fingerprint density at radius 3 is 1.48 bits per heavy atom. The van der Waals surface area contributed by atoms with E-state index in [0.29, 0.717) is 0 Å². The molecule has 110 valence electrons. The van der Waals surface area contributed by atoms with Gasteiger partial charge in [-0.05, 0) is 0 Å². The molecule has 0 aromatic heterocycles. The first-order valence-electron chi connectivity index (χ1n) is 6.97. The van der Waals surface area contributed by atoms with Crippen LogP contribution < -0.4 is 0 Å². The summed E-state index contributed by atoms with van der Waals surface area (Å²) in [5.41, 5.74) is 4.97. The minimum absolute atomic E-state index is 0.342. The maximum absolute atomic E-state index is 6.79. The fraction of sp³-hybridized carbons (Fsp3) is 0.250. The van der Waals surface area contributed by atoms with Gasteiger partial charge >= 0.3 is 143 Å². The van der Waals surface area contributed by atoms with Crippen molar-refractivity contribution < 1.29 is 13.4 Å². The summed E-state index contributed by atoms with van der Waals surface area (Å²) in [6.45, 7) is 6.96. The predicted molar refractivity (Wildman–Crippen MR) is 93.6 cm³/mol. The van der Waals surface area contributed by atoms with E-state index in [1.54, 1.807) is 0 Å². The van der Waals surface area contributed by atoms with E-state index in [-0.39, 0.29) is 3.34 Å². The van der Waals surface area contributed by atoms with Crippen molar-refractivity contribution in [2.75, 3.05) is 0 Å². The van der Waals surface area contributed by atoms with E-state index in [4.69, 9.17) is 27.9 Å². The molecule has 0 radical (unpaired) electrons. The summed E-state index contributed by atoms with van der Waals surface area (Å²) in [4.78, 5) is 0. The third kappa shape index (κ3) is 2.13. The van der Waals surface area contributed by atoms with Gasteiger partial charge in [0.25, 0.3) is 0 Å². The van der Waals surface area contributed by atoms with Gasteiger partial charge in [-0.15, -0.1) is 0 Å². The summed E-state index contributed by atoms with van der Waals surface area (Å²) < 4.78 is -0.342. The Morgan fingerprint density at radius 2 is 1.14 bits per heavy atom. The van der Waals surface area contributed by atoms with Crippen molar-refractivity contribution in [3.63, 3.8) is 0 Å². The van der Waals surface area contributed by atoms with Gasteiger partial charge in [0.2, 0.25) is 0 Å². The summed E-state index contributed by atoms with van der Waals surface area (Å²) in [6.07, 6.45) is 0. The van der Waals surface area contributed by atoms with Crippen molar-refractivity contribution in [2.45, 2.75) is 23.0 Å². The van der Waals surface area contributed by atoms with Crippen LogP contribution in [0.15, 0.2) is 48.5 Å². The van der Waals surface area contributed by atoms with Crippen LogP contribution in [0, 0.1) is 0 Å². The van der Waals surface area contributed by atoms with Gasteiger partial charge in [-0.3, -0.25) is 0 Å². The van der Waals surface area contributed by atoms with Crippen molar-refractivity contribution in [3.05, 3.63) is 59.7 Å². The average Bonchev–Trinajstić information content (AvgIpc) is 2.69. The normalized spacial score (nSPS) is 16.5. The molecule has 0 amide bonds. The van der Waals surface area contributed by atoms with Crippen LogP contribution in [-0.4, -0.2) is 8.07 Å². The van der Waals surface area contributed by atoms with E-state index in [0.717, 1.165) is 0 Å². The van der Waals surface area contributed by atoms with Crippen molar-refractivity contribution in [3.8, 4) is 11.1 Å². The average molecular weight is 392 g/mol. The SMILES string of the molecule is C[Si](C)(C)[C]1([Ti]([Cl])([Cl])[Cl])c2ccccc2-c2ccccc21. The molecular weight excluding hydrogens is 374 g/mol. The molecule has 3 rings (SSSR count). The van der Waals surface area contributed by atoms with E-state index in [9.17, 15) is 0 Å². The summed E-state index contributed by atoms with van der Waals surface area (Å²) in [5.74, 6) is 0. The maximum atomic E-state index is 6.79. The summed E-state index contributed by atoms with van der Waals surface area (Å²) in [6, 6.07) is 16.9. The standard InChI is InChI=1S/C16H17Si.3ClH.Ti/c1-17(2,3)16-14-10-6-4-8-12(14)13-9-5-7-11-15(13)16;;;;/h4-11H,1-3H3;3*1H;/q;;;;+3/p-3. The Kier molecular flexibility index (Phi) is 3.93. The third-order valence-corrected chi connectivity index (χ3v) is 20.0. The van der Waals surface area contributed by atoms with Crippen LogP contribution in [0.2, 0.25) is 19.6 Å². The molecule has 0 saturated carbocycles. The second-order valence-electron chi connectivity index (χ2n) is 6.59. The zero-order chi connectivity index (χ0) is 15.5. The summed E-state index contributed by atoms with van der Waals surface area (Å²) in [5, 5.41) is 0. The predicted octanol–water partition coefficient (Wildman–Crippen LogP) is 6.40. The van der Waals surface area contributed by atoms with Gasteiger partial charge in [0, 0.05) is 0 Å². The van der Waals surface area contributed by atoms with E-state index >= 15 is 0 Å². The zero-order valence-corrected chi connectivity index (χ0v) is 17.1. The summed E-state index contributed by atoms with van der Waals surface area (Å²) >= 11 is -3.61. The molecule has 0 saturated heterocycles. The second-order valence-corrected chi connectivity index (χ2v) is 24.8. The molecule has 0 heterocycles. The van der Waals surface area contributed by atoms with E-state index in [2.05, 4.69) is 68.2 Å². The number of hydrogen-bond acceptors (Lipinski definition) is 0. The number of hydrogen-bond donors (Lipinski definition) is 0. The zero-order valence-electron chi connectivity index (χ0n) is 12.3. The Labute approximate surface area is 142 Å². The van der Waals surface area contributed by atoms with Gasteiger partial charge < -0.3 is 0 Å². The van der Waals surface area contributed by atoms with Gasteiger partial charge in [-0.2, -0.15) is 0 Å². The number of halogens is 3. The molecule has 0 fully saturated rings. The van der Waals surface area contributed by atoms with Crippen molar-refractivity contribution >= 4 is 36.0 Å². The van der Waals surface area contributed by atoms with Crippen LogP contribution >= 0.6 is 27.9 Å². The van der Waals surface area contributed by atoms with Crippen molar-refractivity contribution in [2.24, 2.45) is 0 Å². The van der Waals surface area contributed by atoms with Gasteiger partial charge in [0.1, 0.15) is 0 Å². The Bertz CT molecular complexity index is 640. The Morgan fingerprint density at radius 1 is 0.762 bits per heavy atom. The van der Waals surface area contributed by atoms with E-state index in [1.807, 2.05) is 0 Å². The van der Waals surface area contributed by atoms with Crippen LogP contribution in [0.1, 0.15) is 11.1 Å². The fourth-order valence-corrected chi connectivity index (χ4v) is 25.3. The molecule has 0 bridgehead atoms. The Hall–Kier alpha value is 0.241. The van der Waals surface area contributed by atoms with Crippen molar-refractivity contribution in [1.82, 2.24) is 0 Å². The first kappa shape index (κ1) is 16.1. The van der Waals surface area contributed by atoms with Gasteiger partial charge in [0.15, 0.2) is 0 Å². The molecule has 2 aromatic rings. The van der Waals surface area contributed by atoms with Crippen LogP contribution in [0.3, 0.4) is 0 Å². The topological polar surface area (TPSA) is 0 Å². The van der Waals surface area contributed by atoms with Crippen molar-refractivity contribution in [1.29, 1.82) is 0 Å². The molecule has 0 atom stereocenters. The molecule has 1 aliphatic rings. The minimum atomic E-state index is -3.61. The van der Waals surface area contributed by atoms with Crippen LogP contribution in [0.25, 0.3) is 11.1 Å². The fourth-order valence-electron chi connectivity index (χ4n) is 3.77. The van der Waals surface area contributed by atoms with Gasteiger partial charge in [0.05, 0.1) is 0 Å². The number of fused-ring (bicyclic) bond motifs is 3. The molecule has 2 aromatic carbocycles. The van der Waals surface area contributed by atoms with Crippen LogP contribution in [0.5, 0.6) is 0 Å². The molecule has 21 heavy (non-hydrogen) atoms. The molecular formula is C16H17Cl3SiTi. The third-order valence-electron chi connectivity index (χ3n) is 4.50. The second kappa shape index (κ2) is 5.12. The van der Waals surface area contributed by atoms with Gasteiger partial charge in [-0.25, -0.2) is 0 Å².